The second-order valence-corrected chi connectivity index (χ2v) is 4.19. The first kappa shape index (κ1) is 16.2. The van der Waals surface area contributed by atoms with Crippen LogP contribution in [0.2, 0.25) is 0 Å². The van der Waals surface area contributed by atoms with Crippen molar-refractivity contribution < 1.29 is 23.0 Å². The number of anilines is 1. The Morgan fingerprint density at radius 2 is 2.10 bits per heavy atom. The molecule has 1 unspecified atom stereocenters. The van der Waals surface area contributed by atoms with Crippen molar-refractivity contribution in [3.05, 3.63) is 18.2 Å². The molecule has 0 aliphatic heterocycles. The van der Waals surface area contributed by atoms with E-state index in [1.165, 1.54) is 25.3 Å². The van der Waals surface area contributed by atoms with Gasteiger partial charge in [0.15, 0.2) is 0 Å². The van der Waals surface area contributed by atoms with E-state index in [0.29, 0.717) is 12.3 Å². The van der Waals surface area contributed by atoms with Crippen molar-refractivity contribution in [3.8, 4) is 11.5 Å². The summed E-state index contributed by atoms with van der Waals surface area (Å²) in [5, 5.41) is 5.42. The molecule has 0 aliphatic rings. The van der Waals surface area contributed by atoms with Gasteiger partial charge in [-0.15, -0.1) is 0 Å². The number of amides is 1. The lowest BCUT2D eigenvalue weighted by atomic mass is 10.1. The molecule has 1 atom stereocenters. The molecule has 1 aromatic rings. The number of benzene rings is 1. The van der Waals surface area contributed by atoms with E-state index in [4.69, 9.17) is 4.74 Å². The predicted octanol–water partition coefficient (Wildman–Crippen LogP) is 2.09. The van der Waals surface area contributed by atoms with E-state index in [2.05, 4.69) is 15.4 Å². The lowest BCUT2D eigenvalue weighted by Crippen LogP contribution is -2.28. The molecule has 0 heterocycles. The van der Waals surface area contributed by atoms with Crippen LogP contribution in [0.4, 0.5) is 14.5 Å². The van der Waals surface area contributed by atoms with Gasteiger partial charge in [-0.25, -0.2) is 0 Å². The molecule has 1 aromatic carbocycles. The van der Waals surface area contributed by atoms with Crippen LogP contribution in [0.5, 0.6) is 11.5 Å². The molecule has 0 bridgehead atoms. The Morgan fingerprint density at radius 3 is 2.65 bits per heavy atom. The van der Waals surface area contributed by atoms with E-state index in [1.807, 2.05) is 0 Å². The summed E-state index contributed by atoms with van der Waals surface area (Å²) < 4.78 is 34.0. The summed E-state index contributed by atoms with van der Waals surface area (Å²) in [7, 11) is 3.17. The fourth-order valence-electron chi connectivity index (χ4n) is 1.59. The third kappa shape index (κ3) is 4.65. The number of methoxy groups -OCH3 is 1. The highest BCUT2D eigenvalue weighted by Gasteiger charge is 2.16. The Labute approximate surface area is 116 Å². The van der Waals surface area contributed by atoms with Crippen LogP contribution in [0.15, 0.2) is 18.2 Å². The Balaban J connectivity index is 2.92. The van der Waals surface area contributed by atoms with Gasteiger partial charge in [-0.1, -0.05) is 6.92 Å². The van der Waals surface area contributed by atoms with Gasteiger partial charge >= 0.3 is 6.61 Å². The van der Waals surface area contributed by atoms with Crippen molar-refractivity contribution in [2.45, 2.75) is 13.5 Å². The molecule has 1 rings (SSSR count). The number of halogens is 2. The van der Waals surface area contributed by atoms with Gasteiger partial charge in [0.2, 0.25) is 5.91 Å². The highest BCUT2D eigenvalue weighted by molar-refractivity contribution is 5.94. The number of hydrogen-bond donors (Lipinski definition) is 2. The first-order chi connectivity index (χ1) is 9.47. The predicted molar refractivity (Wildman–Crippen MR) is 71.3 cm³/mol. The average Bonchev–Trinajstić information content (AvgIpc) is 2.40. The highest BCUT2D eigenvalue weighted by Crippen LogP contribution is 2.30. The Kier molecular flexibility index (Phi) is 6.17. The topological polar surface area (TPSA) is 59.6 Å². The molecule has 0 saturated carbocycles. The van der Waals surface area contributed by atoms with Gasteiger partial charge in [-0.2, -0.15) is 8.78 Å². The second-order valence-electron chi connectivity index (χ2n) is 4.19. The summed E-state index contributed by atoms with van der Waals surface area (Å²) in [6.07, 6.45) is 0. The first-order valence-electron chi connectivity index (χ1n) is 6.06. The van der Waals surface area contributed by atoms with Gasteiger partial charge in [-0.05, 0) is 19.2 Å². The lowest BCUT2D eigenvalue weighted by Gasteiger charge is -2.15. The summed E-state index contributed by atoms with van der Waals surface area (Å²) in [5.74, 6) is -0.286. The average molecular weight is 288 g/mol. The third-order valence-corrected chi connectivity index (χ3v) is 2.62. The van der Waals surface area contributed by atoms with E-state index in [-0.39, 0.29) is 23.3 Å². The SMILES string of the molecule is CNCC(C)C(=O)Nc1cc(OC)ccc1OC(F)F. The standard InChI is InChI=1S/C13H18F2N2O3/c1-8(7-16-2)12(18)17-10-6-9(19-3)4-5-11(10)20-13(14)15/h4-6,8,13,16H,7H2,1-3H3,(H,17,18). The Morgan fingerprint density at radius 1 is 1.40 bits per heavy atom. The molecule has 112 valence electrons. The fraction of sp³-hybridized carbons (Fsp3) is 0.462. The zero-order chi connectivity index (χ0) is 15.1. The molecule has 0 aromatic heterocycles. The van der Waals surface area contributed by atoms with Crippen LogP contribution < -0.4 is 20.1 Å². The van der Waals surface area contributed by atoms with Crippen molar-refractivity contribution in [3.63, 3.8) is 0 Å². The molecule has 0 spiro atoms. The number of ether oxygens (including phenoxy) is 2. The van der Waals surface area contributed by atoms with E-state index in [1.54, 1.807) is 14.0 Å². The van der Waals surface area contributed by atoms with Gasteiger partial charge in [-0.3, -0.25) is 4.79 Å². The lowest BCUT2D eigenvalue weighted by molar-refractivity contribution is -0.119. The molecular weight excluding hydrogens is 270 g/mol. The Hall–Kier alpha value is -1.89. The quantitative estimate of drug-likeness (QED) is 0.806. The van der Waals surface area contributed by atoms with Crippen molar-refractivity contribution in [1.29, 1.82) is 0 Å². The maximum atomic E-state index is 12.3. The smallest absolute Gasteiger partial charge is 0.387 e. The minimum atomic E-state index is -2.96. The van der Waals surface area contributed by atoms with Gasteiger partial charge in [0.25, 0.3) is 0 Å². The fourth-order valence-corrected chi connectivity index (χ4v) is 1.59. The zero-order valence-electron chi connectivity index (χ0n) is 11.6. The van der Waals surface area contributed by atoms with E-state index in [0.717, 1.165) is 0 Å². The van der Waals surface area contributed by atoms with Crippen LogP contribution in [-0.4, -0.2) is 33.2 Å². The van der Waals surface area contributed by atoms with E-state index < -0.39 is 6.61 Å². The first-order valence-corrected chi connectivity index (χ1v) is 6.06. The molecule has 0 fully saturated rings. The monoisotopic (exact) mass is 288 g/mol. The molecule has 0 aliphatic carbocycles. The summed E-state index contributed by atoms with van der Waals surface area (Å²) >= 11 is 0. The highest BCUT2D eigenvalue weighted by atomic mass is 19.3. The van der Waals surface area contributed by atoms with E-state index >= 15 is 0 Å². The molecule has 7 heteroatoms. The normalized spacial score (nSPS) is 12.1. The third-order valence-electron chi connectivity index (χ3n) is 2.62. The molecule has 0 radical (unpaired) electrons. The van der Waals surface area contributed by atoms with Gasteiger partial charge in [0.1, 0.15) is 11.5 Å². The van der Waals surface area contributed by atoms with Crippen LogP contribution >= 0.6 is 0 Å². The number of nitrogens with one attached hydrogen (secondary N) is 2. The van der Waals surface area contributed by atoms with E-state index in [9.17, 15) is 13.6 Å². The van der Waals surface area contributed by atoms with Crippen LogP contribution in [0.25, 0.3) is 0 Å². The molecule has 0 saturated heterocycles. The van der Waals surface area contributed by atoms with Crippen LogP contribution in [0.1, 0.15) is 6.92 Å². The van der Waals surface area contributed by atoms with Crippen LogP contribution in [0, 0.1) is 5.92 Å². The summed E-state index contributed by atoms with van der Waals surface area (Å²) in [5.41, 5.74) is 0.151. The number of rotatable bonds is 7. The summed E-state index contributed by atoms with van der Waals surface area (Å²) in [6, 6.07) is 4.23. The number of carbonyl (C=O) groups excluding carboxylic acids is 1. The number of alkyl halides is 2. The second kappa shape index (κ2) is 7.64. The molecule has 5 nitrogen and oxygen atoms in total. The number of carbonyl (C=O) groups is 1. The van der Waals surface area contributed by atoms with Crippen LogP contribution in [-0.2, 0) is 4.79 Å². The molecule has 1 amide bonds. The molecular formula is C13H18F2N2O3. The summed E-state index contributed by atoms with van der Waals surface area (Å²) in [4.78, 5) is 11.9. The summed E-state index contributed by atoms with van der Waals surface area (Å²) in [6.45, 7) is -0.769. The van der Waals surface area contributed by atoms with Crippen LogP contribution in [0.3, 0.4) is 0 Å². The Bertz CT molecular complexity index is 455. The van der Waals surface area contributed by atoms with Crippen molar-refractivity contribution in [2.75, 3.05) is 26.0 Å². The van der Waals surface area contributed by atoms with Gasteiger partial charge < -0.3 is 20.1 Å². The van der Waals surface area contributed by atoms with Crippen molar-refractivity contribution >= 4 is 11.6 Å². The largest absolute Gasteiger partial charge is 0.497 e. The maximum Gasteiger partial charge on any atom is 0.387 e. The van der Waals surface area contributed by atoms with Crippen molar-refractivity contribution in [2.24, 2.45) is 5.92 Å². The zero-order valence-corrected chi connectivity index (χ0v) is 11.6. The molecule has 20 heavy (non-hydrogen) atoms. The van der Waals surface area contributed by atoms with Crippen molar-refractivity contribution in [1.82, 2.24) is 5.32 Å². The maximum absolute atomic E-state index is 12.3. The number of hydrogen-bond acceptors (Lipinski definition) is 4. The minimum Gasteiger partial charge on any atom is -0.497 e. The van der Waals surface area contributed by atoms with Gasteiger partial charge in [0.05, 0.1) is 12.8 Å². The van der Waals surface area contributed by atoms with Gasteiger partial charge in [0, 0.05) is 18.5 Å². The molecule has 2 N–H and O–H groups in total. The minimum absolute atomic E-state index is 0.106.